The minimum absolute atomic E-state index is 0.0895. The summed E-state index contributed by atoms with van der Waals surface area (Å²) in [6.45, 7) is 0. The molecular weight excluding hydrogens is 279 g/mol. The van der Waals surface area contributed by atoms with Crippen LogP contribution in [0.1, 0.15) is 18.4 Å². The van der Waals surface area contributed by atoms with Crippen LogP contribution in [0.3, 0.4) is 0 Å². The number of hydrogen-bond donors (Lipinski definition) is 2. The molecule has 1 aliphatic carbocycles. The van der Waals surface area contributed by atoms with Crippen LogP contribution < -0.4 is 5.73 Å². The van der Waals surface area contributed by atoms with Gasteiger partial charge in [-0.1, -0.05) is 17.7 Å². The number of hydrogen-bond acceptors (Lipinski definition) is 2. The van der Waals surface area contributed by atoms with Crippen LogP contribution in [-0.4, -0.2) is 11.3 Å². The predicted octanol–water partition coefficient (Wildman–Crippen LogP) is 3.64. The van der Waals surface area contributed by atoms with E-state index in [4.69, 9.17) is 17.3 Å². The van der Waals surface area contributed by atoms with Crippen molar-refractivity contribution in [3.63, 3.8) is 0 Å². The monoisotopic (exact) mass is 291 g/mol. The third kappa shape index (κ3) is 2.87. The molecular formula is C13H13ClF3NO. The van der Waals surface area contributed by atoms with Gasteiger partial charge < -0.3 is 10.8 Å². The number of nitrogens with two attached hydrogens (primary N) is 1. The van der Waals surface area contributed by atoms with Crippen molar-refractivity contribution in [2.45, 2.75) is 24.6 Å². The average molecular weight is 292 g/mol. The van der Waals surface area contributed by atoms with Gasteiger partial charge in [-0.25, -0.2) is 0 Å². The third-order valence-electron chi connectivity index (χ3n) is 3.09. The van der Waals surface area contributed by atoms with Gasteiger partial charge >= 0.3 is 6.18 Å². The van der Waals surface area contributed by atoms with Crippen molar-refractivity contribution in [3.05, 3.63) is 40.9 Å². The van der Waals surface area contributed by atoms with E-state index in [-0.39, 0.29) is 16.6 Å². The second-order valence-electron chi connectivity index (χ2n) is 4.69. The number of alkyl halides is 3. The Labute approximate surface area is 113 Å². The van der Waals surface area contributed by atoms with Gasteiger partial charge in [0.15, 0.2) is 0 Å². The molecule has 19 heavy (non-hydrogen) atoms. The van der Waals surface area contributed by atoms with E-state index in [1.165, 1.54) is 18.2 Å². The van der Waals surface area contributed by atoms with Crippen LogP contribution in [0.25, 0.3) is 0 Å². The largest absolute Gasteiger partial charge is 0.425 e. The molecule has 0 radical (unpaired) electrons. The van der Waals surface area contributed by atoms with Crippen LogP contribution >= 0.6 is 11.6 Å². The zero-order valence-electron chi connectivity index (χ0n) is 9.91. The van der Waals surface area contributed by atoms with Crippen LogP contribution in [0.4, 0.5) is 18.9 Å². The van der Waals surface area contributed by atoms with Gasteiger partial charge in [0.05, 0.1) is 0 Å². The lowest BCUT2D eigenvalue weighted by Gasteiger charge is -2.29. The van der Waals surface area contributed by atoms with Gasteiger partial charge in [0.1, 0.15) is 0 Å². The zero-order chi connectivity index (χ0) is 14.3. The molecule has 1 saturated carbocycles. The summed E-state index contributed by atoms with van der Waals surface area (Å²) in [4.78, 5) is 0. The van der Waals surface area contributed by atoms with E-state index in [1.54, 1.807) is 0 Å². The van der Waals surface area contributed by atoms with Crippen molar-refractivity contribution in [1.82, 2.24) is 0 Å². The summed E-state index contributed by atoms with van der Waals surface area (Å²) in [6.07, 6.45) is -1.03. The van der Waals surface area contributed by atoms with Crippen LogP contribution in [0.15, 0.2) is 30.4 Å². The second-order valence-corrected chi connectivity index (χ2v) is 5.13. The van der Waals surface area contributed by atoms with Crippen molar-refractivity contribution in [2.24, 2.45) is 5.92 Å². The molecule has 0 saturated heterocycles. The molecule has 1 fully saturated rings. The predicted molar refractivity (Wildman–Crippen MR) is 67.7 cm³/mol. The fraction of sp³-hybridized carbons (Fsp3) is 0.385. The molecule has 104 valence electrons. The van der Waals surface area contributed by atoms with E-state index < -0.39 is 17.3 Å². The molecule has 1 aliphatic rings. The second kappa shape index (κ2) is 4.72. The number of allylic oxidation sites excluding steroid dienone is 1. The molecule has 1 atom stereocenters. The lowest BCUT2D eigenvalue weighted by molar-refractivity contribution is -0.245. The lowest BCUT2D eigenvalue weighted by Crippen LogP contribution is -2.41. The van der Waals surface area contributed by atoms with E-state index in [1.807, 2.05) is 0 Å². The quantitative estimate of drug-likeness (QED) is 0.660. The van der Waals surface area contributed by atoms with Gasteiger partial charge in [0.25, 0.3) is 0 Å². The Kier molecular flexibility index (Phi) is 3.53. The Balaban J connectivity index is 2.50. The maximum Gasteiger partial charge on any atom is 0.425 e. The molecule has 0 aliphatic heterocycles. The Morgan fingerprint density at radius 1 is 1.32 bits per heavy atom. The Hall–Kier alpha value is -1.20. The Morgan fingerprint density at radius 3 is 2.47 bits per heavy atom. The molecule has 2 nitrogen and oxygen atoms in total. The molecule has 0 heterocycles. The van der Waals surface area contributed by atoms with E-state index in [0.29, 0.717) is 0 Å². The first-order chi connectivity index (χ1) is 8.74. The number of benzene rings is 1. The molecule has 1 aromatic rings. The third-order valence-corrected chi connectivity index (χ3v) is 3.32. The molecule has 6 heteroatoms. The highest BCUT2D eigenvalue weighted by molar-refractivity contribution is 6.30. The van der Waals surface area contributed by atoms with E-state index in [2.05, 4.69) is 0 Å². The summed E-state index contributed by atoms with van der Waals surface area (Å²) in [5, 5.41) is 10.1. The summed E-state index contributed by atoms with van der Waals surface area (Å²) >= 11 is 5.69. The summed E-state index contributed by atoms with van der Waals surface area (Å²) in [6, 6.07) is 3.67. The van der Waals surface area contributed by atoms with Crippen LogP contribution in [0, 0.1) is 5.92 Å². The molecule has 0 amide bonds. The van der Waals surface area contributed by atoms with Crippen LogP contribution in [0.2, 0.25) is 5.02 Å². The Morgan fingerprint density at radius 2 is 1.95 bits per heavy atom. The number of nitrogen functional groups attached to an aromatic ring is 1. The van der Waals surface area contributed by atoms with E-state index >= 15 is 0 Å². The maximum atomic E-state index is 13.2. The van der Waals surface area contributed by atoms with Gasteiger partial charge in [-0.15, -0.1) is 0 Å². The minimum atomic E-state index is -4.86. The molecule has 2 rings (SSSR count). The highest BCUT2D eigenvalue weighted by atomic mass is 35.5. The SMILES string of the molecule is Nc1ccc(Cl)cc1C(O)(/C=C/C1CC1)C(F)(F)F. The first kappa shape index (κ1) is 14.2. The smallest absolute Gasteiger partial charge is 0.398 e. The minimum Gasteiger partial charge on any atom is -0.398 e. The summed E-state index contributed by atoms with van der Waals surface area (Å²) < 4.78 is 39.5. The topological polar surface area (TPSA) is 46.2 Å². The fourth-order valence-electron chi connectivity index (χ4n) is 1.76. The van der Waals surface area contributed by atoms with Crippen molar-refractivity contribution < 1.29 is 18.3 Å². The van der Waals surface area contributed by atoms with Gasteiger partial charge in [-0.05, 0) is 43.0 Å². The fourth-order valence-corrected chi connectivity index (χ4v) is 1.93. The molecule has 3 N–H and O–H groups in total. The molecule has 0 aromatic heterocycles. The van der Waals surface area contributed by atoms with Crippen molar-refractivity contribution in [3.8, 4) is 0 Å². The number of halogens is 4. The highest BCUT2D eigenvalue weighted by Crippen LogP contribution is 2.44. The van der Waals surface area contributed by atoms with Gasteiger partial charge in [-0.3, -0.25) is 0 Å². The summed E-state index contributed by atoms with van der Waals surface area (Å²) in [7, 11) is 0. The molecule has 1 aromatic carbocycles. The van der Waals surface area contributed by atoms with Gasteiger partial charge in [0, 0.05) is 16.3 Å². The lowest BCUT2D eigenvalue weighted by atomic mass is 9.90. The molecule has 1 unspecified atom stereocenters. The first-order valence-electron chi connectivity index (χ1n) is 5.78. The molecule has 0 spiro atoms. The summed E-state index contributed by atoms with van der Waals surface area (Å²) in [5.74, 6) is 0.106. The first-order valence-corrected chi connectivity index (χ1v) is 6.16. The van der Waals surface area contributed by atoms with E-state index in [9.17, 15) is 18.3 Å². The molecule has 0 bridgehead atoms. The zero-order valence-corrected chi connectivity index (χ0v) is 10.7. The maximum absolute atomic E-state index is 13.2. The van der Waals surface area contributed by atoms with Gasteiger partial charge in [-0.2, -0.15) is 13.2 Å². The van der Waals surface area contributed by atoms with E-state index in [0.717, 1.165) is 25.0 Å². The average Bonchev–Trinajstić information content (AvgIpc) is 3.11. The van der Waals surface area contributed by atoms with Crippen LogP contribution in [0.5, 0.6) is 0 Å². The van der Waals surface area contributed by atoms with Crippen molar-refractivity contribution >= 4 is 17.3 Å². The standard InChI is InChI=1S/C13H13ClF3NO/c14-9-3-4-11(18)10(7-9)12(19,13(15,16)17)6-5-8-1-2-8/h3-8,19H,1-2,18H2/b6-5+. The van der Waals surface area contributed by atoms with Crippen LogP contribution in [-0.2, 0) is 5.60 Å². The highest BCUT2D eigenvalue weighted by Gasteiger charge is 2.54. The number of aliphatic hydroxyl groups is 1. The van der Waals surface area contributed by atoms with Crippen molar-refractivity contribution in [1.29, 1.82) is 0 Å². The normalized spacial score (nSPS) is 19.6. The Bertz CT molecular complexity index is 511. The number of anilines is 1. The van der Waals surface area contributed by atoms with Crippen molar-refractivity contribution in [2.75, 3.05) is 5.73 Å². The number of rotatable bonds is 3. The summed E-state index contributed by atoms with van der Waals surface area (Å²) in [5.41, 5.74) is 1.85. The van der Waals surface area contributed by atoms with Gasteiger partial charge in [0.2, 0.25) is 5.60 Å².